The first-order valence-electron chi connectivity index (χ1n) is 5.86. The molecule has 0 aromatic heterocycles. The standard InChI is InChI=1S/C13H20N2O2/c1-10(2)6-7-14-11-4-3-5-12(8-11)15-13(17)9-16/h3-5,8,10,14,16H,6-7,9H2,1-2H3,(H,15,17). The number of hydrogen-bond donors (Lipinski definition) is 3. The van der Waals surface area contributed by atoms with Gasteiger partial charge in [-0.1, -0.05) is 19.9 Å². The van der Waals surface area contributed by atoms with Crippen LogP contribution in [0.2, 0.25) is 0 Å². The largest absolute Gasteiger partial charge is 0.387 e. The predicted octanol–water partition coefficient (Wildman–Crippen LogP) is 2.08. The molecule has 0 saturated carbocycles. The van der Waals surface area contributed by atoms with Crippen molar-refractivity contribution in [3.05, 3.63) is 24.3 Å². The summed E-state index contributed by atoms with van der Waals surface area (Å²) in [6, 6.07) is 7.47. The molecule has 1 aromatic rings. The number of carbonyl (C=O) groups excluding carboxylic acids is 1. The summed E-state index contributed by atoms with van der Waals surface area (Å²) >= 11 is 0. The molecule has 17 heavy (non-hydrogen) atoms. The smallest absolute Gasteiger partial charge is 0.250 e. The summed E-state index contributed by atoms with van der Waals surface area (Å²) in [5, 5.41) is 14.5. The maximum Gasteiger partial charge on any atom is 0.250 e. The Labute approximate surface area is 102 Å². The van der Waals surface area contributed by atoms with Crippen LogP contribution in [0.15, 0.2) is 24.3 Å². The monoisotopic (exact) mass is 236 g/mol. The van der Waals surface area contributed by atoms with Gasteiger partial charge in [0.15, 0.2) is 0 Å². The van der Waals surface area contributed by atoms with E-state index in [0.717, 1.165) is 18.7 Å². The van der Waals surface area contributed by atoms with Crippen LogP contribution in [0.5, 0.6) is 0 Å². The van der Waals surface area contributed by atoms with Crippen molar-refractivity contribution in [1.29, 1.82) is 0 Å². The molecule has 3 N–H and O–H groups in total. The molecule has 0 aliphatic carbocycles. The fraction of sp³-hybridized carbons (Fsp3) is 0.462. The Morgan fingerprint density at radius 3 is 2.71 bits per heavy atom. The summed E-state index contributed by atoms with van der Waals surface area (Å²) < 4.78 is 0. The van der Waals surface area contributed by atoms with Crippen LogP contribution in [0.1, 0.15) is 20.3 Å². The zero-order valence-corrected chi connectivity index (χ0v) is 10.4. The lowest BCUT2D eigenvalue weighted by Gasteiger charge is -2.10. The van der Waals surface area contributed by atoms with Gasteiger partial charge in [0.05, 0.1) is 0 Å². The molecule has 1 amide bonds. The van der Waals surface area contributed by atoms with Crippen LogP contribution in [-0.2, 0) is 4.79 Å². The quantitative estimate of drug-likeness (QED) is 0.708. The Hall–Kier alpha value is -1.55. The minimum absolute atomic E-state index is 0.399. The third kappa shape index (κ3) is 5.36. The minimum Gasteiger partial charge on any atom is -0.387 e. The topological polar surface area (TPSA) is 61.4 Å². The number of anilines is 2. The molecule has 94 valence electrons. The van der Waals surface area contributed by atoms with E-state index < -0.39 is 12.5 Å². The summed E-state index contributed by atoms with van der Waals surface area (Å²) in [6.45, 7) is 4.78. The van der Waals surface area contributed by atoms with Crippen molar-refractivity contribution in [2.45, 2.75) is 20.3 Å². The van der Waals surface area contributed by atoms with E-state index in [1.54, 1.807) is 6.07 Å². The normalized spacial score (nSPS) is 10.4. The van der Waals surface area contributed by atoms with Crippen molar-refractivity contribution in [1.82, 2.24) is 0 Å². The average molecular weight is 236 g/mol. The first-order chi connectivity index (χ1) is 8.11. The second-order valence-electron chi connectivity index (χ2n) is 4.40. The Bertz CT molecular complexity index is 364. The van der Waals surface area contributed by atoms with Crippen molar-refractivity contribution in [2.24, 2.45) is 5.92 Å². The number of aliphatic hydroxyl groups is 1. The van der Waals surface area contributed by atoms with Crippen molar-refractivity contribution in [3.8, 4) is 0 Å². The highest BCUT2D eigenvalue weighted by atomic mass is 16.3. The Morgan fingerprint density at radius 2 is 2.06 bits per heavy atom. The lowest BCUT2D eigenvalue weighted by molar-refractivity contribution is -0.118. The van der Waals surface area contributed by atoms with Gasteiger partial charge < -0.3 is 15.7 Å². The third-order valence-corrected chi connectivity index (χ3v) is 2.34. The van der Waals surface area contributed by atoms with Crippen LogP contribution in [0.3, 0.4) is 0 Å². The maximum atomic E-state index is 11.0. The highest BCUT2D eigenvalue weighted by molar-refractivity contribution is 5.91. The SMILES string of the molecule is CC(C)CCNc1cccc(NC(=O)CO)c1. The highest BCUT2D eigenvalue weighted by Crippen LogP contribution is 2.15. The molecule has 0 fully saturated rings. The van der Waals surface area contributed by atoms with E-state index in [2.05, 4.69) is 24.5 Å². The first-order valence-corrected chi connectivity index (χ1v) is 5.86. The minimum atomic E-state index is -0.495. The number of aliphatic hydroxyl groups excluding tert-OH is 1. The molecule has 0 bridgehead atoms. The van der Waals surface area contributed by atoms with Crippen molar-refractivity contribution in [3.63, 3.8) is 0 Å². The fourth-order valence-corrected chi connectivity index (χ4v) is 1.41. The van der Waals surface area contributed by atoms with Gasteiger partial charge in [0, 0.05) is 17.9 Å². The predicted molar refractivity (Wildman–Crippen MR) is 70.1 cm³/mol. The molecular formula is C13H20N2O2. The number of rotatable bonds is 6. The molecule has 4 heteroatoms. The molecule has 4 nitrogen and oxygen atoms in total. The van der Waals surface area contributed by atoms with E-state index in [1.165, 1.54) is 0 Å². The summed E-state index contributed by atoms with van der Waals surface area (Å²) in [4.78, 5) is 11.0. The van der Waals surface area contributed by atoms with E-state index >= 15 is 0 Å². The summed E-state index contributed by atoms with van der Waals surface area (Å²) in [6.07, 6.45) is 1.10. The van der Waals surface area contributed by atoms with Crippen LogP contribution >= 0.6 is 0 Å². The molecule has 0 saturated heterocycles. The fourth-order valence-electron chi connectivity index (χ4n) is 1.41. The Morgan fingerprint density at radius 1 is 1.35 bits per heavy atom. The highest BCUT2D eigenvalue weighted by Gasteiger charge is 2.00. The second kappa shape index (κ2) is 6.91. The molecule has 1 aromatic carbocycles. The molecular weight excluding hydrogens is 216 g/mol. The van der Waals surface area contributed by atoms with Gasteiger partial charge in [-0.2, -0.15) is 0 Å². The third-order valence-electron chi connectivity index (χ3n) is 2.34. The molecule has 0 aliphatic rings. The number of benzene rings is 1. The second-order valence-corrected chi connectivity index (χ2v) is 4.40. The number of hydrogen-bond acceptors (Lipinski definition) is 3. The van der Waals surface area contributed by atoms with Gasteiger partial charge in [0.2, 0.25) is 5.91 Å². The number of carbonyl (C=O) groups is 1. The molecule has 0 radical (unpaired) electrons. The first kappa shape index (κ1) is 13.5. The zero-order valence-electron chi connectivity index (χ0n) is 10.4. The van der Waals surface area contributed by atoms with Crippen LogP contribution in [0.4, 0.5) is 11.4 Å². The average Bonchev–Trinajstić information content (AvgIpc) is 2.29. The Balaban J connectivity index is 2.50. The van der Waals surface area contributed by atoms with Gasteiger partial charge in [-0.3, -0.25) is 4.79 Å². The van der Waals surface area contributed by atoms with Crippen molar-refractivity contribution >= 4 is 17.3 Å². The molecule has 0 heterocycles. The summed E-state index contributed by atoms with van der Waals surface area (Å²) in [5.74, 6) is 0.268. The lowest BCUT2D eigenvalue weighted by Crippen LogP contribution is -2.15. The van der Waals surface area contributed by atoms with Crippen molar-refractivity contribution < 1.29 is 9.90 Å². The number of amides is 1. The maximum absolute atomic E-state index is 11.0. The molecule has 0 atom stereocenters. The molecule has 0 unspecified atom stereocenters. The van der Waals surface area contributed by atoms with Gasteiger partial charge in [-0.25, -0.2) is 0 Å². The molecule has 0 spiro atoms. The lowest BCUT2D eigenvalue weighted by atomic mass is 10.1. The summed E-state index contributed by atoms with van der Waals surface area (Å²) in [7, 11) is 0. The Kier molecular flexibility index (Phi) is 5.49. The van der Waals surface area contributed by atoms with E-state index in [9.17, 15) is 4.79 Å². The van der Waals surface area contributed by atoms with Gasteiger partial charge >= 0.3 is 0 Å². The van der Waals surface area contributed by atoms with E-state index in [1.807, 2.05) is 18.2 Å². The molecule has 0 aliphatic heterocycles. The van der Waals surface area contributed by atoms with Crippen LogP contribution < -0.4 is 10.6 Å². The summed E-state index contributed by atoms with van der Waals surface area (Å²) in [5.41, 5.74) is 1.67. The van der Waals surface area contributed by atoms with Gasteiger partial charge in [0.1, 0.15) is 6.61 Å². The van der Waals surface area contributed by atoms with E-state index in [4.69, 9.17) is 5.11 Å². The van der Waals surface area contributed by atoms with Crippen molar-refractivity contribution in [2.75, 3.05) is 23.8 Å². The zero-order chi connectivity index (χ0) is 12.7. The van der Waals surface area contributed by atoms with Gasteiger partial charge in [-0.05, 0) is 30.5 Å². The van der Waals surface area contributed by atoms with Crippen LogP contribution in [0.25, 0.3) is 0 Å². The molecule has 1 rings (SSSR count). The van der Waals surface area contributed by atoms with Gasteiger partial charge in [0.25, 0.3) is 0 Å². The van der Waals surface area contributed by atoms with Gasteiger partial charge in [-0.15, -0.1) is 0 Å². The van der Waals surface area contributed by atoms with E-state index in [0.29, 0.717) is 11.6 Å². The van der Waals surface area contributed by atoms with E-state index in [-0.39, 0.29) is 0 Å². The van der Waals surface area contributed by atoms with Crippen LogP contribution in [0, 0.1) is 5.92 Å². The van der Waals surface area contributed by atoms with Crippen LogP contribution in [-0.4, -0.2) is 24.2 Å². The number of nitrogens with one attached hydrogen (secondary N) is 2.